The van der Waals surface area contributed by atoms with Crippen LogP contribution in [0.5, 0.6) is 5.75 Å². The van der Waals surface area contributed by atoms with Gasteiger partial charge in [-0.3, -0.25) is 4.79 Å². The number of aryl methyl sites for hydroxylation is 1. The number of nitrogens with one attached hydrogen (secondary N) is 2. The second-order valence-electron chi connectivity index (χ2n) is 8.83. The molecule has 9 heteroatoms. The van der Waals surface area contributed by atoms with Crippen molar-refractivity contribution in [2.24, 2.45) is 0 Å². The van der Waals surface area contributed by atoms with Crippen LogP contribution in [0.3, 0.4) is 0 Å². The van der Waals surface area contributed by atoms with E-state index < -0.39 is 11.8 Å². The van der Waals surface area contributed by atoms with Crippen LogP contribution >= 0.6 is 0 Å². The number of anilines is 2. The predicted octanol–water partition coefficient (Wildman–Crippen LogP) is 4.90. The fourth-order valence-electron chi connectivity index (χ4n) is 4.17. The van der Waals surface area contributed by atoms with E-state index in [1.165, 1.54) is 25.1 Å². The van der Waals surface area contributed by atoms with E-state index in [1.54, 1.807) is 20.1 Å². The lowest BCUT2D eigenvalue weighted by atomic mass is 10.1. The first kappa shape index (κ1) is 24.7. The Bertz CT molecular complexity index is 1200. The van der Waals surface area contributed by atoms with Gasteiger partial charge in [0.25, 0.3) is 11.8 Å². The lowest BCUT2D eigenvalue weighted by Crippen LogP contribution is -2.44. The van der Waals surface area contributed by atoms with Crippen molar-refractivity contribution in [2.45, 2.75) is 26.2 Å². The Morgan fingerprint density at radius 2 is 1.91 bits per heavy atom. The number of alkyl halides is 2. The van der Waals surface area contributed by atoms with Crippen molar-refractivity contribution in [3.8, 4) is 17.1 Å². The van der Waals surface area contributed by atoms with Gasteiger partial charge in [-0.2, -0.15) is 0 Å². The molecule has 0 saturated carbocycles. The van der Waals surface area contributed by atoms with Crippen LogP contribution in [0.1, 0.15) is 35.1 Å². The number of amides is 1. The zero-order valence-electron chi connectivity index (χ0n) is 20.5. The highest BCUT2D eigenvalue weighted by atomic mass is 19.3. The van der Waals surface area contributed by atoms with Crippen molar-refractivity contribution in [2.75, 3.05) is 50.6 Å². The highest BCUT2D eigenvalue weighted by Gasteiger charge is 2.29. The molecule has 0 radical (unpaired) electrons. The van der Waals surface area contributed by atoms with Gasteiger partial charge >= 0.3 is 0 Å². The minimum Gasteiger partial charge on any atom is -0.495 e. The zero-order chi connectivity index (χ0) is 25.2. The fraction of sp³-hybridized carbons (Fsp3) is 0.385. The molecule has 2 N–H and O–H groups in total. The lowest BCUT2D eigenvalue weighted by Gasteiger charge is -2.34. The van der Waals surface area contributed by atoms with Crippen LogP contribution in [0, 0.1) is 6.92 Å². The van der Waals surface area contributed by atoms with E-state index in [1.807, 2.05) is 18.2 Å². The first-order valence-corrected chi connectivity index (χ1v) is 11.7. The van der Waals surface area contributed by atoms with Crippen LogP contribution in [0.4, 0.5) is 20.2 Å². The van der Waals surface area contributed by atoms with Crippen molar-refractivity contribution in [3.05, 3.63) is 59.4 Å². The molecule has 0 unspecified atom stereocenters. The monoisotopic (exact) mass is 483 g/mol. The number of hydrogen-bond acceptors (Lipinski definition) is 5. The molecule has 1 aromatic heterocycles. The average Bonchev–Trinajstić information content (AvgIpc) is 3.26. The van der Waals surface area contributed by atoms with E-state index >= 15 is 0 Å². The van der Waals surface area contributed by atoms with Gasteiger partial charge in [0, 0.05) is 55.1 Å². The Kier molecular flexibility index (Phi) is 7.07. The molecule has 2 aromatic carbocycles. The summed E-state index contributed by atoms with van der Waals surface area (Å²) >= 11 is 0. The number of carbonyl (C=O) groups is 1. The van der Waals surface area contributed by atoms with Crippen LogP contribution in [-0.2, 0) is 5.92 Å². The second-order valence-corrected chi connectivity index (χ2v) is 8.83. The highest BCUT2D eigenvalue weighted by molar-refractivity contribution is 6.04. The molecule has 1 fully saturated rings. The molecular formula is C26H31F2N5O2. The highest BCUT2D eigenvalue weighted by Crippen LogP contribution is 2.34. The fourth-order valence-corrected chi connectivity index (χ4v) is 4.17. The summed E-state index contributed by atoms with van der Waals surface area (Å²) in [6, 6.07) is 11.6. The van der Waals surface area contributed by atoms with Gasteiger partial charge in [0.2, 0.25) is 0 Å². The Hall–Kier alpha value is -3.46. The lowest BCUT2D eigenvalue weighted by molar-refractivity contribution is -0.00824. The van der Waals surface area contributed by atoms with Crippen LogP contribution in [0.15, 0.2) is 42.5 Å². The number of benzene rings is 2. The van der Waals surface area contributed by atoms with Crippen LogP contribution in [0.25, 0.3) is 11.4 Å². The summed E-state index contributed by atoms with van der Waals surface area (Å²) in [5.74, 6) is -2.08. The maximum absolute atomic E-state index is 14.1. The Morgan fingerprint density at radius 3 is 2.60 bits per heavy atom. The molecule has 1 aliphatic heterocycles. The number of rotatable bonds is 7. The maximum atomic E-state index is 14.1. The number of carbonyl (C=O) groups excluding carboxylic acids is 1. The third-order valence-electron chi connectivity index (χ3n) is 6.38. The molecule has 0 spiro atoms. The van der Waals surface area contributed by atoms with Crippen molar-refractivity contribution in [1.82, 2.24) is 14.9 Å². The van der Waals surface area contributed by atoms with E-state index in [0.717, 1.165) is 43.2 Å². The summed E-state index contributed by atoms with van der Waals surface area (Å²) in [4.78, 5) is 25.2. The maximum Gasteiger partial charge on any atom is 0.276 e. The van der Waals surface area contributed by atoms with E-state index in [4.69, 9.17) is 4.74 Å². The first-order chi connectivity index (χ1) is 16.7. The Morgan fingerprint density at radius 1 is 1.17 bits per heavy atom. The van der Waals surface area contributed by atoms with Gasteiger partial charge in [0.1, 0.15) is 17.3 Å². The summed E-state index contributed by atoms with van der Waals surface area (Å²) < 4.78 is 33.7. The van der Waals surface area contributed by atoms with Crippen LogP contribution in [0.2, 0.25) is 0 Å². The van der Waals surface area contributed by atoms with Crippen LogP contribution < -0.4 is 15.0 Å². The molecule has 3 aromatic rings. The number of imidazole rings is 1. The van der Waals surface area contributed by atoms with Crippen LogP contribution in [-0.4, -0.2) is 61.1 Å². The van der Waals surface area contributed by atoms with Gasteiger partial charge < -0.3 is 24.8 Å². The zero-order valence-corrected chi connectivity index (χ0v) is 20.5. The molecule has 0 aliphatic carbocycles. The quantitative estimate of drug-likeness (QED) is 0.500. The second kappa shape index (κ2) is 10.0. The third-order valence-corrected chi connectivity index (χ3v) is 6.38. The number of aromatic nitrogens is 2. The predicted molar refractivity (Wildman–Crippen MR) is 134 cm³/mol. The minimum absolute atomic E-state index is 0.132. The normalized spacial score (nSPS) is 14.7. The smallest absolute Gasteiger partial charge is 0.276 e. The number of halogens is 2. The topological polar surface area (TPSA) is 73.5 Å². The van der Waals surface area contributed by atoms with Gasteiger partial charge in [0.05, 0.1) is 12.8 Å². The molecule has 2 heterocycles. The minimum atomic E-state index is -2.95. The molecule has 186 valence electrons. The van der Waals surface area contributed by atoms with Gasteiger partial charge in [0.15, 0.2) is 0 Å². The molecular weight excluding hydrogens is 452 g/mol. The van der Waals surface area contributed by atoms with Gasteiger partial charge in [-0.05, 0) is 44.3 Å². The van der Waals surface area contributed by atoms with Gasteiger partial charge in [-0.25, -0.2) is 13.8 Å². The average molecular weight is 484 g/mol. The van der Waals surface area contributed by atoms with Gasteiger partial charge in [-0.15, -0.1) is 0 Å². The molecule has 1 aliphatic rings. The molecule has 7 nitrogen and oxygen atoms in total. The van der Waals surface area contributed by atoms with Crippen molar-refractivity contribution >= 4 is 17.3 Å². The number of hydrogen-bond donors (Lipinski definition) is 2. The van der Waals surface area contributed by atoms with Crippen molar-refractivity contribution < 1.29 is 18.3 Å². The summed E-state index contributed by atoms with van der Waals surface area (Å²) in [6.45, 7) is 6.88. The molecule has 1 saturated heterocycles. The standard InChI is InChI=1S/C26H31F2N5O2/c1-5-26(27,28)19-7-6-8-20(16-19)30-25(34)23-17(2)29-24(31-23)18-9-10-22(35-4)21(15-18)33-13-11-32(3)12-14-33/h6-10,15-16H,5,11-14H2,1-4H3,(H,29,31)(H,30,34). The summed E-state index contributed by atoms with van der Waals surface area (Å²) in [5, 5.41) is 2.70. The molecule has 0 atom stereocenters. The van der Waals surface area contributed by atoms with E-state index in [2.05, 4.69) is 32.1 Å². The number of aromatic amines is 1. The first-order valence-electron chi connectivity index (χ1n) is 11.7. The van der Waals surface area contributed by atoms with E-state index in [9.17, 15) is 13.6 Å². The molecule has 4 rings (SSSR count). The van der Waals surface area contributed by atoms with E-state index in [-0.39, 0.29) is 17.7 Å². The molecule has 35 heavy (non-hydrogen) atoms. The van der Waals surface area contributed by atoms with Crippen molar-refractivity contribution in [3.63, 3.8) is 0 Å². The third kappa shape index (κ3) is 5.30. The van der Waals surface area contributed by atoms with Gasteiger partial charge in [-0.1, -0.05) is 19.1 Å². The number of piperazine rings is 1. The Balaban J connectivity index is 1.57. The Labute approximate surface area is 204 Å². The summed E-state index contributed by atoms with van der Waals surface area (Å²) in [5.41, 5.74) is 2.77. The van der Waals surface area contributed by atoms with E-state index in [0.29, 0.717) is 17.2 Å². The molecule has 0 bridgehead atoms. The SMILES string of the molecule is CCC(F)(F)c1cccc(NC(=O)c2nc(-c3ccc(OC)c(N4CCN(C)CC4)c3)[nH]c2C)c1. The number of methoxy groups -OCH3 is 1. The largest absolute Gasteiger partial charge is 0.495 e. The number of H-pyrrole nitrogens is 1. The van der Waals surface area contributed by atoms with Crippen molar-refractivity contribution in [1.29, 1.82) is 0 Å². The summed E-state index contributed by atoms with van der Waals surface area (Å²) in [7, 11) is 3.76. The number of likely N-dealkylation sites (N-methyl/N-ethyl adjacent to an activating group) is 1. The molecule has 1 amide bonds. The number of ether oxygens (including phenoxy) is 1. The number of nitrogens with zero attached hydrogens (tertiary/aromatic N) is 3. The summed E-state index contributed by atoms with van der Waals surface area (Å²) in [6.07, 6.45) is -0.315.